The minimum Gasteiger partial charge on any atom is -0.469 e. The van der Waals surface area contributed by atoms with E-state index in [1.807, 2.05) is 18.2 Å². The second-order valence-corrected chi connectivity index (χ2v) is 4.88. The molecular formula is C13H18O2. The molecule has 2 saturated carbocycles. The van der Waals surface area contributed by atoms with E-state index in [1.54, 1.807) is 6.26 Å². The predicted octanol–water partition coefficient (Wildman–Crippen LogP) is 3.15. The van der Waals surface area contributed by atoms with E-state index < -0.39 is 0 Å². The van der Waals surface area contributed by atoms with Crippen molar-refractivity contribution in [3.05, 3.63) is 24.5 Å². The molecule has 0 bridgehead atoms. The van der Waals surface area contributed by atoms with Crippen LogP contribution in [0.4, 0.5) is 0 Å². The monoisotopic (exact) mass is 206 g/mol. The Balaban J connectivity index is 1.70. The summed E-state index contributed by atoms with van der Waals surface area (Å²) in [6.45, 7) is 0. The molecule has 3 aliphatic rings. The summed E-state index contributed by atoms with van der Waals surface area (Å²) < 4.78 is 11.7. The fraction of sp³-hybridized carbons (Fsp3) is 0.692. The van der Waals surface area contributed by atoms with Crippen LogP contribution in [0.5, 0.6) is 0 Å². The SMILES string of the molecule is C1=COC(OC23CCCC2CCC3)C=C1. The van der Waals surface area contributed by atoms with E-state index in [2.05, 4.69) is 0 Å². The molecule has 2 fully saturated rings. The molecule has 1 atom stereocenters. The zero-order valence-electron chi connectivity index (χ0n) is 9.02. The third kappa shape index (κ3) is 1.61. The van der Waals surface area contributed by atoms with Crippen LogP contribution in [0.15, 0.2) is 24.5 Å². The highest BCUT2D eigenvalue weighted by atomic mass is 16.7. The first-order valence-electron chi connectivity index (χ1n) is 6.06. The molecule has 15 heavy (non-hydrogen) atoms. The van der Waals surface area contributed by atoms with Gasteiger partial charge in [0.2, 0.25) is 6.29 Å². The van der Waals surface area contributed by atoms with E-state index in [0.717, 1.165) is 5.92 Å². The Morgan fingerprint density at radius 3 is 2.60 bits per heavy atom. The van der Waals surface area contributed by atoms with Crippen LogP contribution in [-0.4, -0.2) is 11.9 Å². The summed E-state index contributed by atoms with van der Waals surface area (Å²) in [4.78, 5) is 0. The minimum atomic E-state index is -0.145. The Labute approximate surface area is 90.9 Å². The van der Waals surface area contributed by atoms with Gasteiger partial charge in [0.15, 0.2) is 0 Å². The first-order valence-corrected chi connectivity index (χ1v) is 6.06. The molecule has 0 N–H and O–H groups in total. The molecule has 1 aliphatic heterocycles. The topological polar surface area (TPSA) is 18.5 Å². The lowest BCUT2D eigenvalue weighted by Gasteiger charge is -2.33. The Morgan fingerprint density at radius 2 is 1.93 bits per heavy atom. The molecule has 3 rings (SSSR count). The second-order valence-electron chi connectivity index (χ2n) is 4.88. The maximum atomic E-state index is 6.20. The highest BCUT2D eigenvalue weighted by Crippen LogP contribution is 2.50. The lowest BCUT2D eigenvalue weighted by Crippen LogP contribution is -2.36. The molecule has 0 amide bonds. The molecule has 1 unspecified atom stereocenters. The lowest BCUT2D eigenvalue weighted by molar-refractivity contribution is -0.172. The zero-order chi connectivity index (χ0) is 10.1. The summed E-state index contributed by atoms with van der Waals surface area (Å²) in [6, 6.07) is 0. The Bertz CT molecular complexity index is 283. The van der Waals surface area contributed by atoms with Crippen molar-refractivity contribution >= 4 is 0 Å². The fourth-order valence-electron chi connectivity index (χ4n) is 3.38. The Kier molecular flexibility index (Phi) is 2.32. The summed E-state index contributed by atoms with van der Waals surface area (Å²) in [5, 5.41) is 0. The number of rotatable bonds is 2. The number of ether oxygens (including phenoxy) is 2. The standard InChI is InChI=1S/C13H18O2/c1-2-10-14-12(7-1)15-13-8-3-5-11(13)6-4-9-13/h1-2,7,10-12H,3-6,8-9H2. The summed E-state index contributed by atoms with van der Waals surface area (Å²) in [6.07, 6.45) is 15.3. The van der Waals surface area contributed by atoms with Gasteiger partial charge in [-0.2, -0.15) is 0 Å². The van der Waals surface area contributed by atoms with Crippen molar-refractivity contribution in [3.63, 3.8) is 0 Å². The number of fused-ring (bicyclic) bond motifs is 1. The van der Waals surface area contributed by atoms with E-state index >= 15 is 0 Å². The molecule has 2 heteroatoms. The van der Waals surface area contributed by atoms with Crippen molar-refractivity contribution in [2.24, 2.45) is 5.92 Å². The molecule has 2 aliphatic carbocycles. The van der Waals surface area contributed by atoms with Crippen molar-refractivity contribution in [1.82, 2.24) is 0 Å². The first kappa shape index (κ1) is 9.46. The lowest BCUT2D eigenvalue weighted by atomic mass is 9.94. The van der Waals surface area contributed by atoms with Gasteiger partial charge in [0.05, 0.1) is 11.9 Å². The largest absolute Gasteiger partial charge is 0.469 e. The molecule has 0 aromatic carbocycles. The van der Waals surface area contributed by atoms with Crippen molar-refractivity contribution < 1.29 is 9.47 Å². The third-order valence-electron chi connectivity index (χ3n) is 4.07. The molecule has 0 saturated heterocycles. The van der Waals surface area contributed by atoms with Gasteiger partial charge >= 0.3 is 0 Å². The van der Waals surface area contributed by atoms with Gasteiger partial charge < -0.3 is 9.47 Å². The van der Waals surface area contributed by atoms with Crippen LogP contribution in [-0.2, 0) is 9.47 Å². The van der Waals surface area contributed by atoms with Gasteiger partial charge in [-0.05, 0) is 43.8 Å². The number of hydrogen-bond donors (Lipinski definition) is 0. The van der Waals surface area contributed by atoms with Gasteiger partial charge in [0.25, 0.3) is 0 Å². The van der Waals surface area contributed by atoms with E-state index in [4.69, 9.17) is 9.47 Å². The van der Waals surface area contributed by atoms with E-state index in [-0.39, 0.29) is 11.9 Å². The van der Waals surface area contributed by atoms with Gasteiger partial charge in [0, 0.05) is 0 Å². The fourth-order valence-corrected chi connectivity index (χ4v) is 3.38. The smallest absolute Gasteiger partial charge is 0.219 e. The number of allylic oxidation sites excluding steroid dienone is 2. The first-order chi connectivity index (χ1) is 7.39. The van der Waals surface area contributed by atoms with Crippen molar-refractivity contribution in [1.29, 1.82) is 0 Å². The maximum absolute atomic E-state index is 6.20. The van der Waals surface area contributed by atoms with Crippen LogP contribution in [0.2, 0.25) is 0 Å². The Hall–Kier alpha value is -0.760. The van der Waals surface area contributed by atoms with Gasteiger partial charge in [-0.25, -0.2) is 0 Å². The summed E-state index contributed by atoms with van der Waals surface area (Å²) in [5.41, 5.74) is 0.153. The van der Waals surface area contributed by atoms with Crippen LogP contribution >= 0.6 is 0 Å². The highest BCUT2D eigenvalue weighted by Gasteiger charge is 2.48. The van der Waals surface area contributed by atoms with Crippen LogP contribution in [0.3, 0.4) is 0 Å². The van der Waals surface area contributed by atoms with Gasteiger partial charge in [-0.1, -0.05) is 18.9 Å². The predicted molar refractivity (Wildman–Crippen MR) is 58.2 cm³/mol. The minimum absolute atomic E-state index is 0.145. The Morgan fingerprint density at radius 1 is 1.13 bits per heavy atom. The van der Waals surface area contributed by atoms with Crippen LogP contribution in [0.1, 0.15) is 38.5 Å². The molecule has 82 valence electrons. The van der Waals surface area contributed by atoms with Crippen molar-refractivity contribution in [2.75, 3.05) is 0 Å². The molecule has 0 radical (unpaired) electrons. The summed E-state index contributed by atoms with van der Waals surface area (Å²) >= 11 is 0. The van der Waals surface area contributed by atoms with E-state index in [0.29, 0.717) is 0 Å². The normalized spacial score (nSPS) is 42.9. The van der Waals surface area contributed by atoms with Crippen molar-refractivity contribution in [3.8, 4) is 0 Å². The van der Waals surface area contributed by atoms with Gasteiger partial charge in [0.1, 0.15) is 0 Å². The molecule has 0 spiro atoms. The summed E-state index contributed by atoms with van der Waals surface area (Å²) in [7, 11) is 0. The quantitative estimate of drug-likeness (QED) is 0.691. The molecular weight excluding hydrogens is 188 g/mol. The van der Waals surface area contributed by atoms with Crippen LogP contribution in [0.25, 0.3) is 0 Å². The zero-order valence-corrected chi connectivity index (χ0v) is 9.02. The second kappa shape index (κ2) is 3.67. The number of hydrogen-bond acceptors (Lipinski definition) is 2. The average Bonchev–Trinajstić information content (AvgIpc) is 2.78. The van der Waals surface area contributed by atoms with E-state index in [1.165, 1.54) is 38.5 Å². The molecule has 0 aromatic rings. The summed E-state index contributed by atoms with van der Waals surface area (Å²) in [5.74, 6) is 0.792. The van der Waals surface area contributed by atoms with Gasteiger partial charge in [-0.15, -0.1) is 0 Å². The van der Waals surface area contributed by atoms with Crippen molar-refractivity contribution in [2.45, 2.75) is 50.4 Å². The molecule has 1 heterocycles. The maximum Gasteiger partial charge on any atom is 0.219 e. The third-order valence-corrected chi connectivity index (χ3v) is 4.07. The van der Waals surface area contributed by atoms with Crippen LogP contribution in [0, 0.1) is 5.92 Å². The highest BCUT2D eigenvalue weighted by molar-refractivity contribution is 5.07. The molecule has 2 nitrogen and oxygen atoms in total. The van der Waals surface area contributed by atoms with Crippen LogP contribution < -0.4 is 0 Å². The molecule has 0 aromatic heterocycles. The van der Waals surface area contributed by atoms with Gasteiger partial charge in [-0.3, -0.25) is 0 Å². The van der Waals surface area contributed by atoms with E-state index in [9.17, 15) is 0 Å². The average molecular weight is 206 g/mol.